The molecule has 2 atom stereocenters. The molecule has 160 valence electrons. The Hall–Kier alpha value is -2.90. The van der Waals surface area contributed by atoms with E-state index in [4.69, 9.17) is 0 Å². The lowest BCUT2D eigenvalue weighted by Gasteiger charge is -2.27. The number of aliphatic hydroxyl groups excluding tert-OH is 1. The van der Waals surface area contributed by atoms with Crippen LogP contribution in [0.15, 0.2) is 54.6 Å². The predicted molar refractivity (Wildman–Crippen MR) is 118 cm³/mol. The van der Waals surface area contributed by atoms with Crippen LogP contribution in [0.5, 0.6) is 0 Å². The average molecular weight is 411 g/mol. The van der Waals surface area contributed by atoms with Gasteiger partial charge in [0.1, 0.15) is 0 Å². The number of urea groups is 1. The smallest absolute Gasteiger partial charge is 0.319 e. The molecule has 1 saturated heterocycles. The van der Waals surface area contributed by atoms with Crippen LogP contribution in [0.25, 0.3) is 0 Å². The number of hydrogen-bond acceptors (Lipinski definition) is 4. The summed E-state index contributed by atoms with van der Waals surface area (Å²) in [6, 6.07) is 16.4. The number of benzene rings is 2. The van der Waals surface area contributed by atoms with Crippen LogP contribution in [0, 0.1) is 5.92 Å². The number of nitrogens with zero attached hydrogens (tertiary/aromatic N) is 2. The Balaban J connectivity index is 1.64. The molecule has 3 rings (SSSR count). The van der Waals surface area contributed by atoms with E-state index in [0.29, 0.717) is 37.4 Å². The number of aliphatic hydroxyl groups is 1. The number of anilines is 2. The molecule has 1 fully saturated rings. The number of carbonyl (C=O) groups is 2. The molecule has 3 amide bonds. The highest BCUT2D eigenvalue weighted by molar-refractivity contribution is 6.01. The third-order valence-corrected chi connectivity index (χ3v) is 5.23. The van der Waals surface area contributed by atoms with Gasteiger partial charge in [-0.1, -0.05) is 42.5 Å². The van der Waals surface area contributed by atoms with Crippen molar-refractivity contribution in [3.8, 4) is 0 Å². The third kappa shape index (κ3) is 5.58. The fraction of sp³-hybridized carbons (Fsp3) is 0.391. The Labute approximate surface area is 177 Å². The number of nitrogens with one attached hydrogen (secondary N) is 2. The van der Waals surface area contributed by atoms with E-state index in [1.165, 1.54) is 0 Å². The second-order valence-electron chi connectivity index (χ2n) is 7.88. The number of rotatable bonds is 8. The first-order chi connectivity index (χ1) is 14.5. The fourth-order valence-electron chi connectivity index (χ4n) is 3.78. The monoisotopic (exact) mass is 410 g/mol. The molecule has 0 aromatic heterocycles. The zero-order valence-corrected chi connectivity index (χ0v) is 17.5. The van der Waals surface area contributed by atoms with Crippen molar-refractivity contribution in [1.82, 2.24) is 10.2 Å². The molecule has 7 nitrogen and oxygen atoms in total. The summed E-state index contributed by atoms with van der Waals surface area (Å²) < 4.78 is 0. The number of hydrogen-bond donors (Lipinski definition) is 3. The molecular weight excluding hydrogens is 380 g/mol. The summed E-state index contributed by atoms with van der Waals surface area (Å²) >= 11 is 0. The lowest BCUT2D eigenvalue weighted by molar-refractivity contribution is -0.117. The van der Waals surface area contributed by atoms with E-state index in [1.807, 2.05) is 67.5 Å². The van der Waals surface area contributed by atoms with E-state index >= 15 is 0 Å². The molecule has 1 heterocycles. The van der Waals surface area contributed by atoms with Gasteiger partial charge in [0.05, 0.1) is 17.5 Å². The molecule has 3 N–H and O–H groups in total. The van der Waals surface area contributed by atoms with Gasteiger partial charge in [-0.05, 0) is 38.2 Å². The normalized spacial score (nSPS) is 15.9. The van der Waals surface area contributed by atoms with Crippen LogP contribution in [0.1, 0.15) is 24.5 Å². The Morgan fingerprint density at radius 3 is 2.50 bits per heavy atom. The summed E-state index contributed by atoms with van der Waals surface area (Å²) in [4.78, 5) is 28.4. The van der Waals surface area contributed by atoms with Gasteiger partial charge in [-0.2, -0.15) is 0 Å². The largest absolute Gasteiger partial charge is 0.388 e. The highest BCUT2D eigenvalue weighted by Gasteiger charge is 2.25. The number of para-hydroxylation sites is 2. The van der Waals surface area contributed by atoms with Crippen LogP contribution in [0.2, 0.25) is 0 Å². The van der Waals surface area contributed by atoms with Crippen molar-refractivity contribution in [2.75, 3.05) is 43.9 Å². The predicted octanol–water partition coefficient (Wildman–Crippen LogP) is 2.85. The molecule has 30 heavy (non-hydrogen) atoms. The highest BCUT2D eigenvalue weighted by Crippen LogP contribution is 2.29. The van der Waals surface area contributed by atoms with E-state index in [2.05, 4.69) is 10.6 Å². The van der Waals surface area contributed by atoms with Crippen molar-refractivity contribution in [2.24, 2.45) is 5.92 Å². The molecule has 7 heteroatoms. The molecule has 0 unspecified atom stereocenters. The van der Waals surface area contributed by atoms with E-state index in [9.17, 15) is 14.7 Å². The Morgan fingerprint density at radius 1 is 1.13 bits per heavy atom. The molecule has 0 spiro atoms. The molecule has 0 saturated carbocycles. The van der Waals surface area contributed by atoms with Gasteiger partial charge in [0.15, 0.2) is 0 Å². The maximum Gasteiger partial charge on any atom is 0.319 e. The van der Waals surface area contributed by atoms with E-state index < -0.39 is 6.10 Å². The maximum absolute atomic E-state index is 12.6. The molecule has 0 radical (unpaired) electrons. The quantitative estimate of drug-likeness (QED) is 0.625. The average Bonchev–Trinajstić information content (AvgIpc) is 3.17. The summed E-state index contributed by atoms with van der Waals surface area (Å²) in [5.41, 5.74) is 2.13. The Bertz CT molecular complexity index is 857. The van der Waals surface area contributed by atoms with Crippen molar-refractivity contribution >= 4 is 23.3 Å². The number of amides is 3. The zero-order valence-electron chi connectivity index (χ0n) is 17.5. The van der Waals surface area contributed by atoms with Gasteiger partial charge in [0, 0.05) is 32.0 Å². The third-order valence-electron chi connectivity index (χ3n) is 5.23. The van der Waals surface area contributed by atoms with Gasteiger partial charge in [-0.3, -0.25) is 4.79 Å². The second-order valence-corrected chi connectivity index (χ2v) is 7.88. The molecule has 2 aromatic carbocycles. The van der Waals surface area contributed by atoms with Crippen LogP contribution in [0.3, 0.4) is 0 Å². The minimum Gasteiger partial charge on any atom is -0.388 e. The van der Waals surface area contributed by atoms with Crippen LogP contribution in [-0.2, 0) is 4.79 Å². The van der Waals surface area contributed by atoms with Gasteiger partial charge < -0.3 is 25.5 Å². The van der Waals surface area contributed by atoms with Gasteiger partial charge >= 0.3 is 6.03 Å². The van der Waals surface area contributed by atoms with E-state index in [-0.39, 0.29) is 17.9 Å². The van der Waals surface area contributed by atoms with Crippen LogP contribution >= 0.6 is 0 Å². The van der Waals surface area contributed by atoms with Crippen molar-refractivity contribution < 1.29 is 14.7 Å². The van der Waals surface area contributed by atoms with Gasteiger partial charge in [-0.25, -0.2) is 4.79 Å². The first-order valence-corrected chi connectivity index (χ1v) is 10.3. The van der Waals surface area contributed by atoms with Crippen LogP contribution in [-0.4, -0.2) is 55.7 Å². The molecule has 1 aliphatic heterocycles. The Morgan fingerprint density at radius 2 is 1.83 bits per heavy atom. The highest BCUT2D eigenvalue weighted by atomic mass is 16.3. The zero-order chi connectivity index (χ0) is 21.5. The number of carbonyl (C=O) groups excluding carboxylic acids is 2. The lowest BCUT2D eigenvalue weighted by atomic mass is 9.95. The molecule has 2 aromatic rings. The van der Waals surface area contributed by atoms with Crippen molar-refractivity contribution in [2.45, 2.75) is 18.9 Å². The van der Waals surface area contributed by atoms with Gasteiger partial charge in [-0.15, -0.1) is 0 Å². The standard InChI is InChI=1S/C23H30N4O3/c1-26(2)16-18(22(29)17-9-4-3-5-10-17)15-24-23(30)25-19-11-6-7-12-20(19)27-14-8-13-21(27)28/h3-7,9-12,18,22,29H,8,13-16H2,1-2H3,(H2,24,25,30)/t18-,22+/m1/s1. The van der Waals surface area contributed by atoms with Crippen molar-refractivity contribution in [3.05, 3.63) is 60.2 Å². The summed E-state index contributed by atoms with van der Waals surface area (Å²) in [6.45, 7) is 1.59. The topological polar surface area (TPSA) is 84.9 Å². The molecule has 0 aliphatic carbocycles. The molecule has 1 aliphatic rings. The van der Waals surface area contributed by atoms with E-state index in [0.717, 1.165) is 12.0 Å². The Kier molecular flexibility index (Phi) is 7.43. The fourth-order valence-corrected chi connectivity index (χ4v) is 3.78. The first kappa shape index (κ1) is 21.8. The summed E-state index contributed by atoms with van der Waals surface area (Å²) in [5.74, 6) is -0.106. The van der Waals surface area contributed by atoms with Crippen LogP contribution < -0.4 is 15.5 Å². The van der Waals surface area contributed by atoms with E-state index in [1.54, 1.807) is 11.0 Å². The van der Waals surface area contributed by atoms with Crippen molar-refractivity contribution in [1.29, 1.82) is 0 Å². The maximum atomic E-state index is 12.6. The second kappa shape index (κ2) is 10.2. The molecule has 0 bridgehead atoms. The van der Waals surface area contributed by atoms with Crippen molar-refractivity contribution in [3.63, 3.8) is 0 Å². The summed E-state index contributed by atoms with van der Waals surface area (Å²) in [5, 5.41) is 16.5. The summed E-state index contributed by atoms with van der Waals surface area (Å²) in [7, 11) is 3.88. The molecular formula is C23H30N4O3. The van der Waals surface area contributed by atoms with Gasteiger partial charge in [0.2, 0.25) is 5.91 Å². The lowest BCUT2D eigenvalue weighted by Crippen LogP contribution is -2.39. The first-order valence-electron chi connectivity index (χ1n) is 10.3. The minimum absolute atomic E-state index is 0.0710. The minimum atomic E-state index is -0.691. The van der Waals surface area contributed by atoms with Crippen LogP contribution in [0.4, 0.5) is 16.2 Å². The summed E-state index contributed by atoms with van der Waals surface area (Å²) in [6.07, 6.45) is 0.663. The SMILES string of the molecule is CN(C)C[C@@H](CNC(=O)Nc1ccccc1N1CCCC1=O)[C@@H](O)c1ccccc1. The van der Waals surface area contributed by atoms with Gasteiger partial charge in [0.25, 0.3) is 0 Å².